The number of halogens is 1. The molecule has 1 atom stereocenters. The molecule has 1 unspecified atom stereocenters. The van der Waals surface area contributed by atoms with Gasteiger partial charge in [-0.1, -0.05) is 20.4 Å². The highest BCUT2D eigenvalue weighted by Crippen LogP contribution is 2.21. The van der Waals surface area contributed by atoms with Crippen molar-refractivity contribution >= 4 is 12.0 Å². The van der Waals surface area contributed by atoms with Gasteiger partial charge in [0.05, 0.1) is 6.04 Å². The Kier molecular flexibility index (Phi) is 2.88. The number of nitrogens with zero attached hydrogens (tertiary/aromatic N) is 1. The highest BCUT2D eigenvalue weighted by Gasteiger charge is 2.40. The maximum absolute atomic E-state index is 12.6. The van der Waals surface area contributed by atoms with E-state index < -0.39 is 23.9 Å². The van der Waals surface area contributed by atoms with E-state index in [-0.39, 0.29) is 12.5 Å². The molecule has 1 aliphatic rings. The predicted octanol–water partition coefficient (Wildman–Crippen LogP) is 1.47. The van der Waals surface area contributed by atoms with Crippen molar-refractivity contribution in [1.82, 2.24) is 4.90 Å². The highest BCUT2D eigenvalue weighted by molar-refractivity contribution is 6.01. The van der Waals surface area contributed by atoms with E-state index in [2.05, 4.69) is 11.3 Å². The quantitative estimate of drug-likeness (QED) is 0.635. The molecule has 0 aromatic carbocycles. The van der Waals surface area contributed by atoms with Crippen molar-refractivity contribution in [3.63, 3.8) is 0 Å². The number of hydrogen-bond donors (Lipinski definition) is 0. The van der Waals surface area contributed by atoms with Gasteiger partial charge in [-0.25, -0.2) is 14.1 Å². The third-order valence-electron chi connectivity index (χ3n) is 2.13. The Bertz CT molecular complexity index is 288. The minimum atomic E-state index is -1.14. The molecule has 1 heterocycles. The highest BCUT2D eigenvalue weighted by atomic mass is 19.1. The van der Waals surface area contributed by atoms with Crippen LogP contribution in [0.3, 0.4) is 0 Å². The van der Waals surface area contributed by atoms with Gasteiger partial charge >= 0.3 is 6.09 Å². The monoisotopic (exact) mass is 201 g/mol. The predicted molar refractivity (Wildman–Crippen MR) is 47.1 cm³/mol. The first-order chi connectivity index (χ1) is 6.45. The van der Waals surface area contributed by atoms with Crippen molar-refractivity contribution in [3.8, 4) is 0 Å². The minimum Gasteiger partial charge on any atom is -0.447 e. The lowest BCUT2D eigenvalue weighted by Crippen LogP contribution is -2.41. The second-order valence-corrected chi connectivity index (χ2v) is 3.47. The fourth-order valence-corrected chi connectivity index (χ4v) is 1.29. The van der Waals surface area contributed by atoms with Crippen molar-refractivity contribution in [1.29, 1.82) is 0 Å². The van der Waals surface area contributed by atoms with Crippen LogP contribution in [-0.2, 0) is 9.53 Å². The van der Waals surface area contributed by atoms with Gasteiger partial charge in [0.25, 0.3) is 5.91 Å². The van der Waals surface area contributed by atoms with Crippen LogP contribution in [0.5, 0.6) is 0 Å². The summed E-state index contributed by atoms with van der Waals surface area (Å²) in [6.07, 6.45) is -0.799. The van der Waals surface area contributed by atoms with E-state index in [9.17, 15) is 14.0 Å². The third-order valence-corrected chi connectivity index (χ3v) is 2.13. The summed E-state index contributed by atoms with van der Waals surface area (Å²) in [5, 5.41) is 0. The maximum atomic E-state index is 12.6. The van der Waals surface area contributed by atoms with Crippen molar-refractivity contribution in [3.05, 3.63) is 12.4 Å². The first-order valence-electron chi connectivity index (χ1n) is 4.30. The van der Waals surface area contributed by atoms with Gasteiger partial charge in [0.2, 0.25) is 0 Å². The fourth-order valence-electron chi connectivity index (χ4n) is 1.29. The lowest BCUT2D eigenvalue weighted by Gasteiger charge is -2.21. The number of imide groups is 1. The number of ether oxygens (including phenoxy) is 1. The maximum Gasteiger partial charge on any atom is 0.417 e. The summed E-state index contributed by atoms with van der Waals surface area (Å²) in [6.45, 7) is 6.64. The molecule has 78 valence electrons. The van der Waals surface area contributed by atoms with Gasteiger partial charge in [-0.2, -0.15) is 0 Å². The van der Waals surface area contributed by atoms with Crippen LogP contribution < -0.4 is 0 Å². The fraction of sp³-hybridized carbons (Fsp3) is 0.556. The summed E-state index contributed by atoms with van der Waals surface area (Å²) in [5.41, 5.74) is 0. The molecule has 0 spiro atoms. The van der Waals surface area contributed by atoms with Crippen LogP contribution in [0.4, 0.5) is 9.18 Å². The number of carbonyl (C=O) groups is 2. The molecule has 0 saturated carbocycles. The zero-order valence-corrected chi connectivity index (χ0v) is 8.12. The van der Waals surface area contributed by atoms with Gasteiger partial charge in [0.1, 0.15) is 6.61 Å². The molecule has 14 heavy (non-hydrogen) atoms. The van der Waals surface area contributed by atoms with Crippen LogP contribution in [0.25, 0.3) is 0 Å². The Labute approximate surface area is 81.3 Å². The summed E-state index contributed by atoms with van der Waals surface area (Å²) < 4.78 is 17.2. The standard InChI is InChI=1S/C9H12FNO3/c1-5(2)7-4-14-9(13)11(7)8(12)6(3)10/h5,7H,3-4H2,1-2H3. The normalized spacial score (nSPS) is 21.3. The molecule has 0 bridgehead atoms. The van der Waals surface area contributed by atoms with Crippen LogP contribution in [-0.4, -0.2) is 29.5 Å². The van der Waals surface area contributed by atoms with Crippen LogP contribution in [0.15, 0.2) is 12.4 Å². The van der Waals surface area contributed by atoms with Gasteiger partial charge in [-0.15, -0.1) is 0 Å². The Morgan fingerprint density at radius 2 is 2.29 bits per heavy atom. The minimum absolute atomic E-state index is 0.0322. The summed E-state index contributed by atoms with van der Waals surface area (Å²) in [6, 6.07) is -0.400. The summed E-state index contributed by atoms with van der Waals surface area (Å²) in [7, 11) is 0. The van der Waals surface area contributed by atoms with E-state index in [4.69, 9.17) is 0 Å². The molecular weight excluding hydrogens is 189 g/mol. The third kappa shape index (κ3) is 1.76. The van der Waals surface area contributed by atoms with Gasteiger partial charge in [0, 0.05) is 0 Å². The van der Waals surface area contributed by atoms with Gasteiger partial charge < -0.3 is 4.74 Å². The number of rotatable bonds is 2. The average molecular weight is 201 g/mol. The largest absolute Gasteiger partial charge is 0.447 e. The molecule has 1 rings (SSSR count). The second-order valence-electron chi connectivity index (χ2n) is 3.47. The Morgan fingerprint density at radius 1 is 1.71 bits per heavy atom. The molecule has 0 radical (unpaired) electrons. The Morgan fingerprint density at radius 3 is 2.71 bits per heavy atom. The Hall–Kier alpha value is -1.39. The van der Waals surface area contributed by atoms with Crippen LogP contribution in [0, 0.1) is 5.92 Å². The van der Waals surface area contributed by atoms with Gasteiger partial charge in [0.15, 0.2) is 5.83 Å². The SMILES string of the molecule is C=C(F)C(=O)N1C(=O)OCC1C(C)C. The summed E-state index contributed by atoms with van der Waals surface area (Å²) >= 11 is 0. The average Bonchev–Trinajstić information content (AvgIpc) is 2.45. The van der Waals surface area contributed by atoms with Crippen molar-refractivity contribution in [2.75, 3.05) is 6.61 Å². The van der Waals surface area contributed by atoms with E-state index in [0.29, 0.717) is 0 Å². The van der Waals surface area contributed by atoms with Crippen LogP contribution in [0.1, 0.15) is 13.8 Å². The Balaban J connectivity index is 2.87. The molecule has 0 aliphatic carbocycles. The molecule has 0 N–H and O–H groups in total. The van der Waals surface area contributed by atoms with Crippen LogP contribution in [0.2, 0.25) is 0 Å². The molecule has 0 aromatic heterocycles. The molecule has 0 aromatic rings. The number of cyclic esters (lactones) is 1. The molecule has 1 fully saturated rings. The molecule has 2 amide bonds. The lowest BCUT2D eigenvalue weighted by atomic mass is 10.0. The van der Waals surface area contributed by atoms with E-state index in [1.807, 2.05) is 13.8 Å². The first kappa shape index (κ1) is 10.7. The van der Waals surface area contributed by atoms with E-state index in [1.54, 1.807) is 0 Å². The van der Waals surface area contributed by atoms with E-state index >= 15 is 0 Å². The van der Waals surface area contributed by atoms with Gasteiger partial charge in [-0.3, -0.25) is 4.79 Å². The lowest BCUT2D eigenvalue weighted by molar-refractivity contribution is -0.127. The summed E-state index contributed by atoms with van der Waals surface area (Å²) in [5.74, 6) is -2.12. The van der Waals surface area contributed by atoms with Gasteiger partial charge in [-0.05, 0) is 5.92 Å². The smallest absolute Gasteiger partial charge is 0.417 e. The van der Waals surface area contributed by atoms with Crippen molar-refractivity contribution in [2.24, 2.45) is 5.92 Å². The van der Waals surface area contributed by atoms with E-state index in [0.717, 1.165) is 4.90 Å². The molecule has 1 aliphatic heterocycles. The topological polar surface area (TPSA) is 46.6 Å². The van der Waals surface area contributed by atoms with E-state index in [1.165, 1.54) is 0 Å². The van der Waals surface area contributed by atoms with Crippen LogP contribution >= 0.6 is 0 Å². The zero-order valence-electron chi connectivity index (χ0n) is 8.12. The first-order valence-corrected chi connectivity index (χ1v) is 4.30. The number of amides is 2. The zero-order chi connectivity index (χ0) is 10.9. The number of hydrogen-bond acceptors (Lipinski definition) is 3. The molecular formula is C9H12FNO3. The second kappa shape index (κ2) is 3.77. The molecule has 5 heteroatoms. The van der Waals surface area contributed by atoms with Crippen molar-refractivity contribution < 1.29 is 18.7 Å². The van der Waals surface area contributed by atoms with Crippen molar-refractivity contribution in [2.45, 2.75) is 19.9 Å². The summed E-state index contributed by atoms with van der Waals surface area (Å²) in [4.78, 5) is 23.1. The molecule has 1 saturated heterocycles. The molecule has 4 nitrogen and oxygen atoms in total. The number of carbonyl (C=O) groups excluding carboxylic acids is 2.